The van der Waals surface area contributed by atoms with Gasteiger partial charge in [0.15, 0.2) is 11.5 Å². The monoisotopic (exact) mass is 374 g/mol. The molecule has 0 saturated carbocycles. The van der Waals surface area contributed by atoms with Crippen molar-refractivity contribution >= 4 is 23.4 Å². The first-order valence-corrected chi connectivity index (χ1v) is 8.68. The molecule has 0 aromatic heterocycles. The van der Waals surface area contributed by atoms with Crippen LogP contribution in [0.5, 0.6) is 11.5 Å². The summed E-state index contributed by atoms with van der Waals surface area (Å²) < 4.78 is 11.2. The average molecular weight is 375 g/mol. The molecule has 6 nitrogen and oxygen atoms in total. The van der Waals surface area contributed by atoms with Crippen LogP contribution in [-0.4, -0.2) is 31.6 Å². The normalized spacial score (nSPS) is 13.0. The number of fused-ring (bicyclic) bond motifs is 1. The summed E-state index contributed by atoms with van der Waals surface area (Å²) >= 11 is 6.21. The van der Waals surface area contributed by atoms with E-state index in [2.05, 4.69) is 5.32 Å². The lowest BCUT2D eigenvalue weighted by atomic mass is 10.1. The number of nitrogens with two attached hydrogens (primary N) is 1. The van der Waals surface area contributed by atoms with Crippen molar-refractivity contribution in [1.82, 2.24) is 5.32 Å². The number of hydrogen-bond acceptors (Lipinski definition) is 4. The summed E-state index contributed by atoms with van der Waals surface area (Å²) in [4.78, 5) is 23.6. The highest BCUT2D eigenvalue weighted by atomic mass is 35.5. The Bertz CT molecular complexity index is 838. The summed E-state index contributed by atoms with van der Waals surface area (Å²) in [5.74, 6) is 0.226. The minimum absolute atomic E-state index is 0.256. The van der Waals surface area contributed by atoms with E-state index >= 15 is 0 Å². The third kappa shape index (κ3) is 4.26. The molecule has 0 atom stereocenters. The number of benzene rings is 2. The fourth-order valence-electron chi connectivity index (χ4n) is 2.66. The van der Waals surface area contributed by atoms with Gasteiger partial charge in [0, 0.05) is 24.1 Å². The van der Waals surface area contributed by atoms with Crippen molar-refractivity contribution in [2.45, 2.75) is 12.8 Å². The molecule has 0 saturated heterocycles. The second kappa shape index (κ2) is 8.10. The molecule has 1 aliphatic rings. The smallest absolute Gasteiger partial charge is 0.251 e. The Morgan fingerprint density at radius 2 is 1.92 bits per heavy atom. The lowest BCUT2D eigenvalue weighted by Gasteiger charge is -2.12. The van der Waals surface area contributed by atoms with E-state index in [1.165, 1.54) is 0 Å². The largest absolute Gasteiger partial charge is 0.489 e. The number of amides is 2. The van der Waals surface area contributed by atoms with Crippen molar-refractivity contribution < 1.29 is 19.1 Å². The molecule has 2 aromatic carbocycles. The van der Waals surface area contributed by atoms with Crippen LogP contribution >= 0.6 is 11.6 Å². The minimum Gasteiger partial charge on any atom is -0.489 e. The minimum atomic E-state index is -0.474. The summed E-state index contributed by atoms with van der Waals surface area (Å²) in [5, 5.41) is 3.19. The maximum absolute atomic E-state index is 12.4. The van der Waals surface area contributed by atoms with E-state index in [1.807, 2.05) is 6.07 Å². The highest BCUT2D eigenvalue weighted by Crippen LogP contribution is 2.37. The van der Waals surface area contributed by atoms with E-state index in [4.69, 9.17) is 26.8 Å². The lowest BCUT2D eigenvalue weighted by Crippen LogP contribution is -2.25. The number of carbonyl (C=O) groups is 2. The molecule has 0 radical (unpaired) electrons. The SMILES string of the molecule is NC(=O)c1cccc(CCNC(=O)c2cc(Cl)c3c(c2)OCCCO3)c1. The first kappa shape index (κ1) is 18.1. The van der Waals surface area contributed by atoms with Gasteiger partial charge in [-0.05, 0) is 36.2 Å². The highest BCUT2D eigenvalue weighted by Gasteiger charge is 2.18. The maximum Gasteiger partial charge on any atom is 0.251 e. The van der Waals surface area contributed by atoms with Crippen LogP contribution in [0.1, 0.15) is 32.7 Å². The Morgan fingerprint density at radius 3 is 2.73 bits per heavy atom. The predicted octanol–water partition coefficient (Wildman–Crippen LogP) is 2.57. The van der Waals surface area contributed by atoms with Gasteiger partial charge in [-0.15, -0.1) is 0 Å². The lowest BCUT2D eigenvalue weighted by molar-refractivity contribution is 0.0952. The molecule has 1 aliphatic heterocycles. The number of hydrogen-bond donors (Lipinski definition) is 2. The fraction of sp³-hybridized carbons (Fsp3) is 0.263. The van der Waals surface area contributed by atoms with Crippen LogP contribution in [0.25, 0.3) is 0 Å². The van der Waals surface area contributed by atoms with Crippen molar-refractivity contribution in [1.29, 1.82) is 0 Å². The van der Waals surface area contributed by atoms with Gasteiger partial charge in [-0.1, -0.05) is 23.7 Å². The number of carbonyl (C=O) groups excluding carboxylic acids is 2. The molecule has 1 heterocycles. The molecule has 3 rings (SSSR count). The number of nitrogens with one attached hydrogen (secondary N) is 1. The van der Waals surface area contributed by atoms with Gasteiger partial charge < -0.3 is 20.5 Å². The van der Waals surface area contributed by atoms with E-state index in [0.29, 0.717) is 53.8 Å². The summed E-state index contributed by atoms with van der Waals surface area (Å²) in [6.07, 6.45) is 1.34. The zero-order chi connectivity index (χ0) is 18.5. The fourth-order valence-corrected chi connectivity index (χ4v) is 2.93. The highest BCUT2D eigenvalue weighted by molar-refractivity contribution is 6.32. The molecule has 0 unspecified atom stereocenters. The Balaban J connectivity index is 1.63. The van der Waals surface area contributed by atoms with Crippen LogP contribution in [0.2, 0.25) is 5.02 Å². The number of primary amides is 1. The predicted molar refractivity (Wildman–Crippen MR) is 98.1 cm³/mol. The van der Waals surface area contributed by atoms with Crippen LogP contribution in [0.3, 0.4) is 0 Å². The van der Waals surface area contributed by atoms with Gasteiger partial charge in [0.2, 0.25) is 5.91 Å². The van der Waals surface area contributed by atoms with Crippen molar-refractivity contribution in [3.8, 4) is 11.5 Å². The molecule has 2 amide bonds. The Hall–Kier alpha value is -2.73. The molecular formula is C19H19ClN2O4. The Morgan fingerprint density at radius 1 is 1.12 bits per heavy atom. The molecule has 3 N–H and O–H groups in total. The van der Waals surface area contributed by atoms with Gasteiger partial charge in [0.1, 0.15) is 0 Å². The molecule has 0 aliphatic carbocycles. The van der Waals surface area contributed by atoms with Gasteiger partial charge >= 0.3 is 0 Å². The van der Waals surface area contributed by atoms with Crippen molar-refractivity contribution in [3.05, 3.63) is 58.1 Å². The van der Waals surface area contributed by atoms with Gasteiger partial charge in [-0.25, -0.2) is 0 Å². The van der Waals surface area contributed by atoms with E-state index in [1.54, 1.807) is 30.3 Å². The summed E-state index contributed by atoms with van der Waals surface area (Å²) in [6.45, 7) is 1.46. The van der Waals surface area contributed by atoms with Crippen LogP contribution < -0.4 is 20.5 Å². The molecule has 0 fully saturated rings. The van der Waals surface area contributed by atoms with Gasteiger partial charge in [0.05, 0.1) is 18.2 Å². The summed E-state index contributed by atoms with van der Waals surface area (Å²) in [5.41, 5.74) is 7.04. The molecule has 26 heavy (non-hydrogen) atoms. The van der Waals surface area contributed by atoms with E-state index in [-0.39, 0.29) is 5.91 Å². The second-order valence-corrected chi connectivity index (χ2v) is 6.31. The Labute approximate surface area is 156 Å². The number of ether oxygens (including phenoxy) is 2. The molecule has 0 bridgehead atoms. The van der Waals surface area contributed by atoms with Crippen molar-refractivity contribution in [2.24, 2.45) is 5.73 Å². The molecule has 7 heteroatoms. The molecular weight excluding hydrogens is 356 g/mol. The van der Waals surface area contributed by atoms with Gasteiger partial charge in [0.25, 0.3) is 5.91 Å². The Kier molecular flexibility index (Phi) is 5.63. The number of halogens is 1. The average Bonchev–Trinajstić information content (AvgIpc) is 2.87. The van der Waals surface area contributed by atoms with Crippen LogP contribution in [-0.2, 0) is 6.42 Å². The molecule has 0 spiro atoms. The van der Waals surface area contributed by atoms with E-state index in [0.717, 1.165) is 12.0 Å². The van der Waals surface area contributed by atoms with Gasteiger partial charge in [-0.2, -0.15) is 0 Å². The maximum atomic E-state index is 12.4. The van der Waals surface area contributed by atoms with Crippen molar-refractivity contribution in [3.63, 3.8) is 0 Å². The second-order valence-electron chi connectivity index (χ2n) is 5.91. The quantitative estimate of drug-likeness (QED) is 0.841. The van der Waals surface area contributed by atoms with Crippen molar-refractivity contribution in [2.75, 3.05) is 19.8 Å². The van der Waals surface area contributed by atoms with Crippen LogP contribution in [0.15, 0.2) is 36.4 Å². The standard InChI is InChI=1S/C19H19ClN2O4/c20-15-10-14(11-16-17(15)26-8-2-7-25-16)19(24)22-6-5-12-3-1-4-13(9-12)18(21)23/h1,3-4,9-11H,2,5-8H2,(H2,21,23)(H,22,24). The summed E-state index contributed by atoms with van der Waals surface area (Å²) in [6, 6.07) is 10.2. The first-order valence-electron chi connectivity index (χ1n) is 8.30. The third-order valence-corrected chi connectivity index (χ3v) is 4.26. The third-order valence-electron chi connectivity index (χ3n) is 3.98. The topological polar surface area (TPSA) is 90.7 Å². The number of rotatable bonds is 5. The summed E-state index contributed by atoms with van der Waals surface area (Å²) in [7, 11) is 0. The molecule has 2 aromatic rings. The van der Waals surface area contributed by atoms with E-state index < -0.39 is 5.91 Å². The van der Waals surface area contributed by atoms with Crippen LogP contribution in [0.4, 0.5) is 0 Å². The van der Waals surface area contributed by atoms with Crippen LogP contribution in [0, 0.1) is 0 Å². The first-order chi connectivity index (χ1) is 12.5. The van der Waals surface area contributed by atoms with Gasteiger partial charge in [-0.3, -0.25) is 9.59 Å². The van der Waals surface area contributed by atoms with E-state index in [9.17, 15) is 9.59 Å². The zero-order valence-corrected chi connectivity index (χ0v) is 14.8. The zero-order valence-electron chi connectivity index (χ0n) is 14.1. The molecule has 136 valence electrons.